The smallest absolute Gasteiger partial charge is 0.242 e. The molecular weight excluding hydrogens is 254 g/mol. The summed E-state index contributed by atoms with van der Waals surface area (Å²) in [6.45, 7) is 3.45. The fourth-order valence-electron chi connectivity index (χ4n) is 2.77. The number of carbonyl (C=O) groups excluding carboxylic acids is 2. The number of hydrogen-bond acceptors (Lipinski definition) is 3. The van der Waals surface area contributed by atoms with Crippen molar-refractivity contribution in [3.8, 4) is 0 Å². The first-order chi connectivity index (χ1) is 8.25. The molecule has 2 amide bonds. The van der Waals surface area contributed by atoms with Crippen molar-refractivity contribution in [3.63, 3.8) is 0 Å². The maximum Gasteiger partial charge on any atom is 0.242 e. The van der Waals surface area contributed by atoms with Gasteiger partial charge in [0, 0.05) is 25.7 Å². The molecule has 1 atom stereocenters. The molecular formula is C12H20ClN3O2. The van der Waals surface area contributed by atoms with E-state index in [1.807, 2.05) is 4.90 Å². The molecule has 0 bridgehead atoms. The quantitative estimate of drug-likeness (QED) is 0.761. The van der Waals surface area contributed by atoms with Crippen molar-refractivity contribution in [2.75, 3.05) is 32.7 Å². The molecule has 3 rings (SSSR count). The topological polar surface area (TPSA) is 52.7 Å². The molecule has 6 heteroatoms. The van der Waals surface area contributed by atoms with E-state index in [1.54, 1.807) is 4.90 Å². The molecule has 1 aliphatic carbocycles. The molecule has 0 aromatic carbocycles. The van der Waals surface area contributed by atoms with Crippen molar-refractivity contribution < 1.29 is 9.59 Å². The van der Waals surface area contributed by atoms with Crippen molar-refractivity contribution >= 4 is 24.2 Å². The van der Waals surface area contributed by atoms with Gasteiger partial charge < -0.3 is 15.1 Å². The summed E-state index contributed by atoms with van der Waals surface area (Å²) < 4.78 is 0. The summed E-state index contributed by atoms with van der Waals surface area (Å²) in [5, 5.41) is 3.20. The van der Waals surface area contributed by atoms with Crippen LogP contribution < -0.4 is 5.32 Å². The lowest BCUT2D eigenvalue weighted by atomic mass is 10.1. The second-order valence-corrected chi connectivity index (χ2v) is 5.27. The highest BCUT2D eigenvalue weighted by Gasteiger charge is 2.38. The van der Waals surface area contributed by atoms with E-state index >= 15 is 0 Å². The SMILES string of the molecule is Cl.O=C([C@H]1CCNC1)N1CCN(C2CC2)C(=O)C1. The minimum atomic E-state index is 0. The molecule has 0 unspecified atom stereocenters. The lowest BCUT2D eigenvalue weighted by Gasteiger charge is -2.35. The molecule has 0 spiro atoms. The summed E-state index contributed by atoms with van der Waals surface area (Å²) in [6.07, 6.45) is 3.20. The third kappa shape index (κ3) is 2.62. The van der Waals surface area contributed by atoms with E-state index in [4.69, 9.17) is 0 Å². The van der Waals surface area contributed by atoms with Gasteiger partial charge in [0.05, 0.1) is 12.5 Å². The van der Waals surface area contributed by atoms with Crippen LogP contribution in [-0.2, 0) is 9.59 Å². The summed E-state index contributed by atoms with van der Waals surface area (Å²) in [7, 11) is 0. The highest BCUT2D eigenvalue weighted by molar-refractivity contribution is 5.87. The largest absolute Gasteiger partial charge is 0.336 e. The van der Waals surface area contributed by atoms with E-state index in [-0.39, 0.29) is 30.1 Å². The molecule has 1 saturated carbocycles. The van der Waals surface area contributed by atoms with Crippen LogP contribution in [-0.4, -0.2) is 60.4 Å². The van der Waals surface area contributed by atoms with E-state index in [0.29, 0.717) is 12.6 Å². The van der Waals surface area contributed by atoms with Crippen LogP contribution in [0.5, 0.6) is 0 Å². The number of nitrogens with zero attached hydrogens (tertiary/aromatic N) is 2. The maximum absolute atomic E-state index is 12.2. The van der Waals surface area contributed by atoms with Gasteiger partial charge in [-0.3, -0.25) is 9.59 Å². The van der Waals surface area contributed by atoms with Gasteiger partial charge in [-0.15, -0.1) is 12.4 Å². The first kappa shape index (κ1) is 13.6. The predicted molar refractivity (Wildman–Crippen MR) is 69.5 cm³/mol. The van der Waals surface area contributed by atoms with E-state index in [9.17, 15) is 9.59 Å². The minimum absolute atomic E-state index is 0. The number of amides is 2. The fraction of sp³-hybridized carbons (Fsp3) is 0.833. The van der Waals surface area contributed by atoms with Crippen LogP contribution in [0.1, 0.15) is 19.3 Å². The first-order valence-corrected chi connectivity index (χ1v) is 6.54. The minimum Gasteiger partial charge on any atom is -0.336 e. The summed E-state index contributed by atoms with van der Waals surface area (Å²) >= 11 is 0. The Morgan fingerprint density at radius 1 is 1.22 bits per heavy atom. The number of halogens is 1. The average molecular weight is 274 g/mol. The molecule has 0 radical (unpaired) electrons. The Morgan fingerprint density at radius 2 is 2.00 bits per heavy atom. The van der Waals surface area contributed by atoms with Gasteiger partial charge in [0.2, 0.25) is 11.8 Å². The zero-order valence-electron chi connectivity index (χ0n) is 10.4. The third-order valence-corrected chi connectivity index (χ3v) is 3.97. The predicted octanol–water partition coefficient (Wildman–Crippen LogP) is -0.149. The van der Waals surface area contributed by atoms with Crippen LogP contribution in [0.4, 0.5) is 0 Å². The lowest BCUT2D eigenvalue weighted by molar-refractivity contribution is -0.147. The van der Waals surface area contributed by atoms with Crippen LogP contribution in [0.3, 0.4) is 0 Å². The molecule has 0 aromatic rings. The van der Waals surface area contributed by atoms with Crippen molar-refractivity contribution in [3.05, 3.63) is 0 Å². The number of carbonyl (C=O) groups is 2. The van der Waals surface area contributed by atoms with Crippen LogP contribution in [0.15, 0.2) is 0 Å². The molecule has 1 N–H and O–H groups in total. The van der Waals surface area contributed by atoms with Crippen molar-refractivity contribution in [2.45, 2.75) is 25.3 Å². The molecule has 102 valence electrons. The lowest BCUT2D eigenvalue weighted by Crippen LogP contribution is -2.54. The molecule has 2 aliphatic heterocycles. The normalized spacial score (nSPS) is 28.2. The first-order valence-electron chi connectivity index (χ1n) is 6.54. The Hall–Kier alpha value is -0.810. The average Bonchev–Trinajstić information content (AvgIpc) is 3.02. The third-order valence-electron chi connectivity index (χ3n) is 3.97. The van der Waals surface area contributed by atoms with Gasteiger partial charge in [-0.2, -0.15) is 0 Å². The second-order valence-electron chi connectivity index (χ2n) is 5.27. The Bertz CT molecular complexity index is 340. The van der Waals surface area contributed by atoms with Gasteiger partial charge in [-0.1, -0.05) is 0 Å². The van der Waals surface area contributed by atoms with E-state index < -0.39 is 0 Å². The molecule has 18 heavy (non-hydrogen) atoms. The van der Waals surface area contributed by atoms with Gasteiger partial charge in [-0.25, -0.2) is 0 Å². The van der Waals surface area contributed by atoms with Gasteiger partial charge in [0.15, 0.2) is 0 Å². The standard InChI is InChI=1S/C12H19N3O2.ClH/c16-11-8-14(5-6-15(11)10-1-2-10)12(17)9-3-4-13-7-9;/h9-10,13H,1-8H2;1H/t9-;/m0./s1. The van der Waals surface area contributed by atoms with E-state index in [0.717, 1.165) is 45.4 Å². The fourth-order valence-corrected chi connectivity index (χ4v) is 2.77. The number of piperazine rings is 1. The van der Waals surface area contributed by atoms with Crippen molar-refractivity contribution in [2.24, 2.45) is 5.92 Å². The van der Waals surface area contributed by atoms with Crippen LogP contribution >= 0.6 is 12.4 Å². The van der Waals surface area contributed by atoms with Gasteiger partial charge in [0.1, 0.15) is 0 Å². The zero-order chi connectivity index (χ0) is 11.8. The Balaban J connectivity index is 0.00000120. The molecule has 2 saturated heterocycles. The molecule has 0 aromatic heterocycles. The van der Waals surface area contributed by atoms with Crippen molar-refractivity contribution in [1.29, 1.82) is 0 Å². The maximum atomic E-state index is 12.2. The van der Waals surface area contributed by atoms with Gasteiger partial charge >= 0.3 is 0 Å². The summed E-state index contributed by atoms with van der Waals surface area (Å²) in [4.78, 5) is 27.8. The van der Waals surface area contributed by atoms with Gasteiger partial charge in [0.25, 0.3) is 0 Å². The van der Waals surface area contributed by atoms with E-state index in [2.05, 4.69) is 5.32 Å². The van der Waals surface area contributed by atoms with E-state index in [1.165, 1.54) is 0 Å². The summed E-state index contributed by atoms with van der Waals surface area (Å²) in [5.74, 6) is 0.395. The van der Waals surface area contributed by atoms with Crippen LogP contribution in [0.25, 0.3) is 0 Å². The second kappa shape index (κ2) is 5.45. The molecule has 3 aliphatic rings. The number of nitrogens with one attached hydrogen (secondary N) is 1. The van der Waals surface area contributed by atoms with Crippen molar-refractivity contribution in [1.82, 2.24) is 15.1 Å². The Morgan fingerprint density at radius 3 is 2.56 bits per heavy atom. The number of rotatable bonds is 2. The Labute approximate surface area is 113 Å². The van der Waals surface area contributed by atoms with Gasteiger partial charge in [-0.05, 0) is 25.8 Å². The molecule has 5 nitrogen and oxygen atoms in total. The highest BCUT2D eigenvalue weighted by Crippen LogP contribution is 2.28. The Kier molecular flexibility index (Phi) is 4.12. The summed E-state index contributed by atoms with van der Waals surface area (Å²) in [5.41, 5.74) is 0. The summed E-state index contributed by atoms with van der Waals surface area (Å²) in [6, 6.07) is 0.480. The van der Waals surface area contributed by atoms with Crippen LogP contribution in [0.2, 0.25) is 0 Å². The van der Waals surface area contributed by atoms with Crippen LogP contribution in [0, 0.1) is 5.92 Å². The highest BCUT2D eigenvalue weighted by atomic mass is 35.5. The molecule has 3 fully saturated rings. The zero-order valence-corrected chi connectivity index (χ0v) is 11.2. The monoisotopic (exact) mass is 273 g/mol. The molecule has 2 heterocycles. The number of hydrogen-bond donors (Lipinski definition) is 1.